The fraction of sp³-hybridized carbons (Fsp3) is 0.929. The van der Waals surface area contributed by atoms with Crippen LogP contribution in [-0.4, -0.2) is 61.5 Å². The molecular weight excluding hydrogens is 297 g/mol. The molecule has 0 aliphatic carbocycles. The number of rotatable bonds is 4. The fourth-order valence-electron chi connectivity index (χ4n) is 3.19. The van der Waals surface area contributed by atoms with Gasteiger partial charge in [0.05, 0.1) is 0 Å². The first-order chi connectivity index (χ1) is 8.81. The highest BCUT2D eigenvalue weighted by atomic mass is 35.5. The Morgan fingerprint density at radius 2 is 1.75 bits per heavy atom. The number of nitrogens with one attached hydrogen (secondary N) is 1. The predicted molar refractivity (Wildman–Crippen MR) is 88.1 cm³/mol. The van der Waals surface area contributed by atoms with Gasteiger partial charge in [0.25, 0.3) is 0 Å². The maximum Gasteiger partial charge on any atom is 0.223 e. The lowest BCUT2D eigenvalue weighted by Crippen LogP contribution is -2.36. The Morgan fingerprint density at radius 3 is 2.40 bits per heavy atom. The van der Waals surface area contributed by atoms with Crippen molar-refractivity contribution in [3.63, 3.8) is 0 Å². The minimum absolute atomic E-state index is 0. The van der Waals surface area contributed by atoms with Crippen molar-refractivity contribution in [1.82, 2.24) is 15.1 Å². The zero-order chi connectivity index (χ0) is 12.8. The molecule has 0 aromatic rings. The Balaban J connectivity index is 0.00000180. The highest BCUT2D eigenvalue weighted by Gasteiger charge is 2.25. The van der Waals surface area contributed by atoms with Crippen molar-refractivity contribution in [3.05, 3.63) is 0 Å². The van der Waals surface area contributed by atoms with Gasteiger partial charge in [-0.25, -0.2) is 0 Å². The second kappa shape index (κ2) is 10.7. The van der Waals surface area contributed by atoms with Crippen molar-refractivity contribution in [2.75, 3.05) is 39.8 Å². The van der Waals surface area contributed by atoms with Crippen molar-refractivity contribution < 1.29 is 4.79 Å². The second-order valence-electron chi connectivity index (χ2n) is 5.56. The smallest absolute Gasteiger partial charge is 0.223 e. The van der Waals surface area contributed by atoms with Crippen molar-refractivity contribution in [2.45, 2.75) is 44.6 Å². The van der Waals surface area contributed by atoms with Crippen molar-refractivity contribution in [2.24, 2.45) is 0 Å². The number of hydrogen-bond acceptors (Lipinski definition) is 3. The van der Waals surface area contributed by atoms with E-state index in [1.165, 1.54) is 45.2 Å². The van der Waals surface area contributed by atoms with Crippen LogP contribution in [0.15, 0.2) is 0 Å². The van der Waals surface area contributed by atoms with E-state index in [1.807, 2.05) is 7.05 Å². The molecule has 1 N–H and O–H groups in total. The van der Waals surface area contributed by atoms with Crippen LogP contribution in [0.3, 0.4) is 0 Å². The van der Waals surface area contributed by atoms with Crippen LogP contribution >= 0.6 is 24.8 Å². The summed E-state index contributed by atoms with van der Waals surface area (Å²) >= 11 is 0. The normalized spacial score (nSPS) is 23.6. The molecule has 6 heteroatoms. The number of amides is 1. The molecule has 2 rings (SSSR count). The van der Waals surface area contributed by atoms with E-state index in [-0.39, 0.29) is 24.8 Å². The van der Waals surface area contributed by atoms with Crippen LogP contribution in [0, 0.1) is 0 Å². The van der Waals surface area contributed by atoms with Gasteiger partial charge in [-0.1, -0.05) is 0 Å². The number of hydrogen-bond donors (Lipinski definition) is 1. The monoisotopic (exact) mass is 325 g/mol. The number of likely N-dealkylation sites (tertiary alicyclic amines) is 2. The van der Waals surface area contributed by atoms with Gasteiger partial charge in [-0.05, 0) is 52.2 Å². The molecule has 2 fully saturated rings. The maximum atomic E-state index is 12.0. The average Bonchev–Trinajstić information content (AvgIpc) is 2.80. The molecule has 4 nitrogen and oxygen atoms in total. The third kappa shape index (κ3) is 5.76. The van der Waals surface area contributed by atoms with E-state index in [4.69, 9.17) is 0 Å². The van der Waals surface area contributed by atoms with E-state index in [0.717, 1.165) is 25.7 Å². The van der Waals surface area contributed by atoms with E-state index < -0.39 is 0 Å². The van der Waals surface area contributed by atoms with Crippen LogP contribution in [0.2, 0.25) is 0 Å². The Morgan fingerprint density at radius 1 is 1.05 bits per heavy atom. The summed E-state index contributed by atoms with van der Waals surface area (Å²) in [6.07, 6.45) is 6.99. The summed E-state index contributed by atoms with van der Waals surface area (Å²) in [5.41, 5.74) is 0. The molecule has 0 bridgehead atoms. The maximum absolute atomic E-state index is 12.0. The number of nitrogens with zero attached hydrogens (tertiary/aromatic N) is 2. The molecule has 0 aromatic heterocycles. The summed E-state index contributed by atoms with van der Waals surface area (Å²) in [4.78, 5) is 16.7. The Bertz CT molecular complexity index is 273. The lowest BCUT2D eigenvalue weighted by molar-refractivity contribution is -0.131. The first-order valence-electron chi connectivity index (χ1n) is 7.47. The minimum atomic E-state index is 0. The van der Waals surface area contributed by atoms with Gasteiger partial charge in [0.1, 0.15) is 0 Å². The number of carbonyl (C=O) groups is 1. The third-order valence-corrected chi connectivity index (χ3v) is 4.30. The summed E-state index contributed by atoms with van der Waals surface area (Å²) in [5, 5.41) is 3.05. The van der Waals surface area contributed by atoms with E-state index in [0.29, 0.717) is 12.3 Å². The van der Waals surface area contributed by atoms with Crippen molar-refractivity contribution >= 4 is 30.7 Å². The second-order valence-corrected chi connectivity index (χ2v) is 5.56. The van der Waals surface area contributed by atoms with Gasteiger partial charge in [0.2, 0.25) is 5.91 Å². The van der Waals surface area contributed by atoms with Gasteiger partial charge in [0.15, 0.2) is 0 Å². The third-order valence-electron chi connectivity index (χ3n) is 4.30. The SMILES string of the molecule is CNCCC(=O)N1CCCC(N2CCCC2)CC1.Cl.Cl. The predicted octanol–water partition coefficient (Wildman–Crippen LogP) is 1.92. The molecule has 1 atom stereocenters. The van der Waals surface area contributed by atoms with Gasteiger partial charge >= 0.3 is 0 Å². The lowest BCUT2D eigenvalue weighted by Gasteiger charge is -2.26. The topological polar surface area (TPSA) is 35.6 Å². The Hall–Kier alpha value is -0.0300. The lowest BCUT2D eigenvalue weighted by atomic mass is 10.1. The molecular formula is C14H29Cl2N3O. The van der Waals surface area contributed by atoms with Crippen molar-refractivity contribution in [3.8, 4) is 0 Å². The molecule has 0 saturated carbocycles. The largest absolute Gasteiger partial charge is 0.343 e. The Labute approximate surface area is 135 Å². The highest BCUT2D eigenvalue weighted by Crippen LogP contribution is 2.21. The molecule has 0 aromatic carbocycles. The summed E-state index contributed by atoms with van der Waals surface area (Å²) in [5.74, 6) is 0.325. The summed E-state index contributed by atoms with van der Waals surface area (Å²) < 4.78 is 0. The molecule has 0 radical (unpaired) electrons. The molecule has 2 saturated heterocycles. The zero-order valence-electron chi connectivity index (χ0n) is 12.5. The molecule has 0 spiro atoms. The molecule has 2 aliphatic heterocycles. The summed E-state index contributed by atoms with van der Waals surface area (Å²) in [6.45, 7) is 5.28. The first-order valence-corrected chi connectivity index (χ1v) is 7.47. The van der Waals surface area contributed by atoms with Crippen LogP contribution in [0.25, 0.3) is 0 Å². The first kappa shape index (κ1) is 20.0. The van der Waals surface area contributed by atoms with E-state index in [2.05, 4.69) is 15.1 Å². The molecule has 2 aliphatic rings. The molecule has 120 valence electrons. The number of halogens is 2. The van der Waals surface area contributed by atoms with E-state index in [1.54, 1.807) is 0 Å². The van der Waals surface area contributed by atoms with E-state index >= 15 is 0 Å². The van der Waals surface area contributed by atoms with Gasteiger partial charge in [0, 0.05) is 32.1 Å². The summed E-state index contributed by atoms with van der Waals surface area (Å²) in [6, 6.07) is 0.731. The molecule has 1 amide bonds. The fourth-order valence-corrected chi connectivity index (χ4v) is 3.19. The average molecular weight is 326 g/mol. The zero-order valence-corrected chi connectivity index (χ0v) is 14.1. The van der Waals surface area contributed by atoms with Gasteiger partial charge in [-0.2, -0.15) is 0 Å². The quantitative estimate of drug-likeness (QED) is 0.857. The molecule has 20 heavy (non-hydrogen) atoms. The molecule has 2 heterocycles. The van der Waals surface area contributed by atoms with Crippen LogP contribution in [0.5, 0.6) is 0 Å². The van der Waals surface area contributed by atoms with Gasteiger partial charge in [-0.3, -0.25) is 4.79 Å². The standard InChI is InChI=1S/C14H27N3O.2ClH/c1-15-8-6-14(18)17-11-4-5-13(7-12-17)16-9-2-3-10-16;;/h13,15H,2-12H2,1H3;2*1H. The summed E-state index contributed by atoms with van der Waals surface area (Å²) in [7, 11) is 1.90. The van der Waals surface area contributed by atoms with Crippen LogP contribution in [-0.2, 0) is 4.79 Å². The minimum Gasteiger partial charge on any atom is -0.343 e. The highest BCUT2D eigenvalue weighted by molar-refractivity contribution is 5.85. The van der Waals surface area contributed by atoms with Gasteiger partial charge in [-0.15, -0.1) is 24.8 Å². The van der Waals surface area contributed by atoms with Crippen LogP contribution in [0.4, 0.5) is 0 Å². The number of carbonyl (C=O) groups excluding carboxylic acids is 1. The molecule has 1 unspecified atom stereocenters. The van der Waals surface area contributed by atoms with Gasteiger partial charge < -0.3 is 15.1 Å². The van der Waals surface area contributed by atoms with Crippen LogP contribution < -0.4 is 5.32 Å². The van der Waals surface area contributed by atoms with Crippen LogP contribution in [0.1, 0.15) is 38.5 Å². The Kier molecular flexibility index (Phi) is 10.6. The van der Waals surface area contributed by atoms with Crippen molar-refractivity contribution in [1.29, 1.82) is 0 Å². The van der Waals surface area contributed by atoms with E-state index in [9.17, 15) is 4.79 Å².